The summed E-state index contributed by atoms with van der Waals surface area (Å²) in [6.45, 7) is 2.44. The van der Waals surface area contributed by atoms with Gasteiger partial charge in [0, 0.05) is 31.3 Å². The van der Waals surface area contributed by atoms with E-state index in [-0.39, 0.29) is 10.8 Å². The van der Waals surface area contributed by atoms with Gasteiger partial charge in [-0.2, -0.15) is 0 Å². The normalized spacial score (nSPS) is 11.1. The second-order valence-electron chi connectivity index (χ2n) is 6.28. The van der Waals surface area contributed by atoms with Crippen LogP contribution in [0.3, 0.4) is 0 Å². The van der Waals surface area contributed by atoms with Crippen LogP contribution >= 0.6 is 11.6 Å². The van der Waals surface area contributed by atoms with Crippen molar-refractivity contribution < 1.29 is 23.7 Å². The first kappa shape index (κ1) is 22.4. The van der Waals surface area contributed by atoms with Crippen LogP contribution in [0.1, 0.15) is 22.8 Å². The summed E-state index contributed by atoms with van der Waals surface area (Å²) in [5, 5.41) is 0.0347. The van der Waals surface area contributed by atoms with Crippen LogP contribution in [-0.4, -0.2) is 47.8 Å². The van der Waals surface area contributed by atoms with E-state index in [0.29, 0.717) is 40.7 Å². The third-order valence-electron chi connectivity index (χ3n) is 4.22. The van der Waals surface area contributed by atoms with Crippen molar-refractivity contribution in [2.24, 2.45) is 0 Å². The lowest BCUT2D eigenvalue weighted by Gasteiger charge is -2.18. The molecule has 0 heterocycles. The Morgan fingerprint density at radius 1 is 1.03 bits per heavy atom. The quantitative estimate of drug-likeness (QED) is 0.436. The summed E-state index contributed by atoms with van der Waals surface area (Å²) >= 11 is 6.38. The van der Waals surface area contributed by atoms with E-state index >= 15 is 0 Å². The van der Waals surface area contributed by atoms with Gasteiger partial charge in [-0.3, -0.25) is 4.79 Å². The summed E-state index contributed by atoms with van der Waals surface area (Å²) < 4.78 is 21.7. The van der Waals surface area contributed by atoms with Crippen molar-refractivity contribution in [3.63, 3.8) is 0 Å². The molecule has 2 aromatic carbocycles. The maximum Gasteiger partial charge on any atom is 0.204 e. The van der Waals surface area contributed by atoms with E-state index in [0.717, 1.165) is 5.69 Å². The van der Waals surface area contributed by atoms with Crippen molar-refractivity contribution in [2.45, 2.75) is 6.92 Å². The molecule has 7 heteroatoms. The van der Waals surface area contributed by atoms with E-state index < -0.39 is 0 Å². The van der Waals surface area contributed by atoms with Crippen molar-refractivity contribution in [2.75, 3.05) is 46.9 Å². The highest BCUT2D eigenvalue weighted by atomic mass is 35.5. The standard InChI is InChI=1S/C22H26ClNO5/c1-7-29-19-9-8-14(12-18(19)24(2)3)21(25)17(23)11-15-10-16(26-4)13-20(27-5)22(15)28-6/h8-13H,7H2,1-6H3/b17-11+. The molecule has 6 nitrogen and oxygen atoms in total. The molecule has 2 aromatic rings. The van der Waals surface area contributed by atoms with Crippen molar-refractivity contribution >= 4 is 29.1 Å². The van der Waals surface area contributed by atoms with Crippen LogP contribution in [0.5, 0.6) is 23.0 Å². The summed E-state index contributed by atoms with van der Waals surface area (Å²) in [5.41, 5.74) is 1.82. The highest BCUT2D eigenvalue weighted by Crippen LogP contribution is 2.37. The van der Waals surface area contributed by atoms with Crippen LogP contribution in [0.25, 0.3) is 6.08 Å². The summed E-state index contributed by atoms with van der Waals surface area (Å²) in [6, 6.07) is 8.64. The molecular weight excluding hydrogens is 394 g/mol. The van der Waals surface area contributed by atoms with Crippen LogP contribution in [0.15, 0.2) is 35.4 Å². The summed E-state index contributed by atoms with van der Waals surface area (Å²) in [6.07, 6.45) is 1.54. The van der Waals surface area contributed by atoms with Gasteiger partial charge < -0.3 is 23.8 Å². The molecule has 0 fully saturated rings. The summed E-state index contributed by atoms with van der Waals surface area (Å²) in [4.78, 5) is 14.8. The second kappa shape index (κ2) is 10.1. The van der Waals surface area contributed by atoms with Gasteiger partial charge in [-0.15, -0.1) is 0 Å². The molecule has 0 amide bonds. The van der Waals surface area contributed by atoms with Crippen molar-refractivity contribution in [3.05, 3.63) is 46.5 Å². The Labute approximate surface area is 176 Å². The topological polar surface area (TPSA) is 57.2 Å². The van der Waals surface area contributed by atoms with Gasteiger partial charge in [0.2, 0.25) is 5.78 Å². The first-order valence-electron chi connectivity index (χ1n) is 9.02. The number of hydrogen-bond donors (Lipinski definition) is 0. The fourth-order valence-corrected chi connectivity index (χ4v) is 3.04. The average molecular weight is 420 g/mol. The SMILES string of the molecule is CCOc1ccc(C(=O)/C(Cl)=C\c2cc(OC)cc(OC)c2OC)cc1N(C)C. The Morgan fingerprint density at radius 2 is 1.76 bits per heavy atom. The highest BCUT2D eigenvalue weighted by molar-refractivity contribution is 6.47. The van der Waals surface area contributed by atoms with Gasteiger partial charge in [0.05, 0.1) is 38.7 Å². The molecule has 0 saturated carbocycles. The number of nitrogens with zero attached hydrogens (tertiary/aromatic N) is 1. The number of carbonyl (C=O) groups is 1. The van der Waals surface area contributed by atoms with Crippen LogP contribution in [0.2, 0.25) is 0 Å². The Hall–Kier alpha value is -2.86. The number of rotatable bonds is 9. The maximum atomic E-state index is 12.9. The molecular formula is C22H26ClNO5. The minimum absolute atomic E-state index is 0.0347. The lowest BCUT2D eigenvalue weighted by molar-refractivity contribution is 0.104. The number of carbonyl (C=O) groups excluding carboxylic acids is 1. The predicted octanol–water partition coefficient (Wildman–Crippen LogP) is 4.64. The monoisotopic (exact) mass is 419 g/mol. The Bertz CT molecular complexity index is 908. The fraction of sp³-hybridized carbons (Fsp3) is 0.318. The van der Waals surface area contributed by atoms with Crippen molar-refractivity contribution in [3.8, 4) is 23.0 Å². The van der Waals surface area contributed by atoms with E-state index in [1.165, 1.54) is 14.2 Å². The predicted molar refractivity (Wildman–Crippen MR) is 116 cm³/mol. The number of hydrogen-bond acceptors (Lipinski definition) is 6. The van der Waals surface area contributed by atoms with E-state index in [2.05, 4.69) is 0 Å². The average Bonchev–Trinajstić information content (AvgIpc) is 2.72. The van der Waals surface area contributed by atoms with Crippen molar-refractivity contribution in [1.82, 2.24) is 0 Å². The van der Waals surface area contributed by atoms with E-state index in [1.54, 1.807) is 43.5 Å². The molecule has 0 N–H and O–H groups in total. The number of Topliss-reactive ketones (excluding diaryl/α,β-unsaturated/α-hetero) is 1. The molecule has 0 saturated heterocycles. The third-order valence-corrected chi connectivity index (χ3v) is 4.50. The zero-order chi connectivity index (χ0) is 21.6. The molecule has 0 aliphatic carbocycles. The summed E-state index contributed by atoms with van der Waals surface area (Å²) in [5.74, 6) is 1.88. The van der Waals surface area contributed by atoms with Crippen LogP contribution in [0.4, 0.5) is 5.69 Å². The van der Waals surface area contributed by atoms with Crippen LogP contribution in [-0.2, 0) is 0 Å². The number of anilines is 1. The lowest BCUT2D eigenvalue weighted by atomic mass is 10.1. The largest absolute Gasteiger partial charge is 0.497 e. The van der Waals surface area contributed by atoms with E-state index in [4.69, 9.17) is 30.5 Å². The zero-order valence-corrected chi connectivity index (χ0v) is 18.3. The zero-order valence-electron chi connectivity index (χ0n) is 17.5. The lowest BCUT2D eigenvalue weighted by Crippen LogP contribution is -2.12. The fourth-order valence-electron chi connectivity index (χ4n) is 2.82. The molecule has 0 aromatic heterocycles. The second-order valence-corrected chi connectivity index (χ2v) is 6.69. The van der Waals surface area contributed by atoms with Crippen LogP contribution < -0.4 is 23.8 Å². The molecule has 0 aliphatic heterocycles. The van der Waals surface area contributed by atoms with E-state index in [9.17, 15) is 4.79 Å². The Morgan fingerprint density at radius 3 is 2.31 bits per heavy atom. The molecule has 0 bridgehead atoms. The first-order valence-corrected chi connectivity index (χ1v) is 9.40. The van der Waals surface area contributed by atoms with Gasteiger partial charge in [-0.05, 0) is 37.3 Å². The minimum atomic E-state index is -0.318. The Kier molecular flexibility index (Phi) is 7.79. The number of ketones is 1. The molecule has 0 spiro atoms. The molecule has 0 radical (unpaired) electrons. The molecule has 2 rings (SSSR count). The number of allylic oxidation sites excluding steroid dienone is 1. The molecule has 0 atom stereocenters. The van der Waals surface area contributed by atoms with Crippen LogP contribution in [0, 0.1) is 0 Å². The van der Waals surface area contributed by atoms with Crippen molar-refractivity contribution in [1.29, 1.82) is 0 Å². The number of methoxy groups -OCH3 is 3. The smallest absolute Gasteiger partial charge is 0.204 e. The van der Waals surface area contributed by atoms with E-state index in [1.807, 2.05) is 25.9 Å². The maximum absolute atomic E-state index is 12.9. The first-order chi connectivity index (χ1) is 13.9. The minimum Gasteiger partial charge on any atom is -0.497 e. The highest BCUT2D eigenvalue weighted by Gasteiger charge is 2.17. The van der Waals surface area contributed by atoms with Gasteiger partial charge >= 0.3 is 0 Å². The molecule has 0 unspecified atom stereocenters. The molecule has 0 aliphatic rings. The number of halogens is 1. The Balaban J connectivity index is 2.47. The summed E-state index contributed by atoms with van der Waals surface area (Å²) in [7, 11) is 8.37. The van der Waals surface area contributed by atoms with Gasteiger partial charge in [-0.1, -0.05) is 11.6 Å². The van der Waals surface area contributed by atoms with Gasteiger partial charge in [0.1, 0.15) is 11.5 Å². The number of benzene rings is 2. The molecule has 29 heavy (non-hydrogen) atoms. The number of ether oxygens (including phenoxy) is 4. The van der Waals surface area contributed by atoms with Gasteiger partial charge in [-0.25, -0.2) is 0 Å². The van der Waals surface area contributed by atoms with Gasteiger partial charge in [0.25, 0.3) is 0 Å². The van der Waals surface area contributed by atoms with Gasteiger partial charge in [0.15, 0.2) is 11.5 Å². The third kappa shape index (κ3) is 5.15. The molecule has 156 valence electrons.